The van der Waals surface area contributed by atoms with Crippen LogP contribution in [0.5, 0.6) is 0 Å². The van der Waals surface area contributed by atoms with E-state index in [-0.39, 0.29) is 24.0 Å². The SMILES string of the molecule is CCNC(=NCCCN1CCCC1=O)NCCCN(CC)CC.I. The molecule has 1 aliphatic rings. The molecule has 6 nitrogen and oxygen atoms in total. The number of aliphatic imine (C=N–C) groups is 1. The molecular formula is C17H36IN5O. The minimum atomic E-state index is 0. The third-order valence-corrected chi connectivity index (χ3v) is 4.21. The lowest BCUT2D eigenvalue weighted by Crippen LogP contribution is -2.39. The molecular weight excluding hydrogens is 417 g/mol. The van der Waals surface area contributed by atoms with Crippen molar-refractivity contribution in [3.8, 4) is 0 Å². The van der Waals surface area contributed by atoms with Crippen molar-refractivity contribution in [2.75, 3.05) is 52.4 Å². The van der Waals surface area contributed by atoms with E-state index >= 15 is 0 Å². The maximum absolute atomic E-state index is 11.5. The van der Waals surface area contributed by atoms with Crippen LogP contribution in [0.4, 0.5) is 0 Å². The van der Waals surface area contributed by atoms with Crippen molar-refractivity contribution in [2.24, 2.45) is 4.99 Å². The fourth-order valence-electron chi connectivity index (χ4n) is 2.78. The molecule has 0 aromatic rings. The second kappa shape index (κ2) is 14.7. The number of carbonyl (C=O) groups excluding carboxylic acids is 1. The van der Waals surface area contributed by atoms with Gasteiger partial charge in [0.1, 0.15) is 0 Å². The molecule has 1 fully saturated rings. The molecule has 0 atom stereocenters. The Labute approximate surface area is 164 Å². The first-order valence-electron chi connectivity index (χ1n) is 9.23. The fourth-order valence-corrected chi connectivity index (χ4v) is 2.78. The summed E-state index contributed by atoms with van der Waals surface area (Å²) in [7, 11) is 0. The highest BCUT2D eigenvalue weighted by Crippen LogP contribution is 2.09. The third kappa shape index (κ3) is 9.66. The number of nitrogens with one attached hydrogen (secondary N) is 2. The van der Waals surface area contributed by atoms with Gasteiger partial charge in [0, 0.05) is 39.1 Å². The molecule has 2 N–H and O–H groups in total. The number of nitrogens with zero attached hydrogens (tertiary/aromatic N) is 3. The number of halogens is 1. The topological polar surface area (TPSA) is 60.0 Å². The Morgan fingerprint density at radius 1 is 1.21 bits per heavy atom. The number of guanidine groups is 1. The molecule has 0 aromatic carbocycles. The second-order valence-corrected chi connectivity index (χ2v) is 5.91. The molecule has 1 saturated heterocycles. The van der Waals surface area contributed by atoms with Crippen LogP contribution in [0.15, 0.2) is 4.99 Å². The number of rotatable bonds is 11. The first-order valence-corrected chi connectivity index (χ1v) is 9.23. The molecule has 0 radical (unpaired) electrons. The van der Waals surface area contributed by atoms with Gasteiger partial charge in [-0.3, -0.25) is 9.79 Å². The Bertz CT molecular complexity index is 361. The number of amides is 1. The smallest absolute Gasteiger partial charge is 0.222 e. The van der Waals surface area contributed by atoms with Gasteiger partial charge in [-0.1, -0.05) is 13.8 Å². The largest absolute Gasteiger partial charge is 0.357 e. The van der Waals surface area contributed by atoms with Crippen LogP contribution in [0.25, 0.3) is 0 Å². The first kappa shape index (κ1) is 23.4. The Morgan fingerprint density at radius 3 is 2.54 bits per heavy atom. The summed E-state index contributed by atoms with van der Waals surface area (Å²) in [6.07, 6.45) is 3.79. The zero-order chi connectivity index (χ0) is 16.9. The maximum atomic E-state index is 11.5. The molecule has 0 aliphatic carbocycles. The summed E-state index contributed by atoms with van der Waals surface area (Å²) in [6, 6.07) is 0. The second-order valence-electron chi connectivity index (χ2n) is 5.91. The van der Waals surface area contributed by atoms with Gasteiger partial charge in [0.05, 0.1) is 0 Å². The summed E-state index contributed by atoms with van der Waals surface area (Å²) < 4.78 is 0. The highest BCUT2D eigenvalue weighted by atomic mass is 127. The molecule has 0 saturated carbocycles. The molecule has 24 heavy (non-hydrogen) atoms. The van der Waals surface area contributed by atoms with E-state index in [0.717, 1.165) is 84.0 Å². The minimum absolute atomic E-state index is 0. The Balaban J connectivity index is 0.00000529. The van der Waals surface area contributed by atoms with Crippen LogP contribution >= 0.6 is 24.0 Å². The van der Waals surface area contributed by atoms with Gasteiger partial charge in [0.25, 0.3) is 0 Å². The van der Waals surface area contributed by atoms with Gasteiger partial charge in [-0.05, 0) is 45.8 Å². The molecule has 0 spiro atoms. The summed E-state index contributed by atoms with van der Waals surface area (Å²) in [5.74, 6) is 1.19. The predicted molar refractivity (Wildman–Crippen MR) is 112 cm³/mol. The highest BCUT2D eigenvalue weighted by molar-refractivity contribution is 14.0. The molecule has 1 rings (SSSR count). The molecule has 1 amide bonds. The number of carbonyl (C=O) groups is 1. The maximum Gasteiger partial charge on any atom is 0.222 e. The molecule has 142 valence electrons. The summed E-state index contributed by atoms with van der Waals surface area (Å²) in [4.78, 5) is 20.5. The van der Waals surface area contributed by atoms with E-state index in [1.165, 1.54) is 0 Å². The lowest BCUT2D eigenvalue weighted by atomic mass is 10.3. The van der Waals surface area contributed by atoms with Gasteiger partial charge in [0.15, 0.2) is 5.96 Å². The number of hydrogen-bond donors (Lipinski definition) is 2. The van der Waals surface area contributed by atoms with Crippen molar-refractivity contribution in [1.29, 1.82) is 0 Å². The van der Waals surface area contributed by atoms with E-state index in [9.17, 15) is 4.79 Å². The predicted octanol–water partition coefficient (Wildman–Crippen LogP) is 1.90. The average molecular weight is 453 g/mol. The first-order chi connectivity index (χ1) is 11.2. The summed E-state index contributed by atoms with van der Waals surface area (Å²) in [5, 5.41) is 6.67. The molecule has 1 heterocycles. The third-order valence-electron chi connectivity index (χ3n) is 4.21. The van der Waals surface area contributed by atoms with Crippen molar-refractivity contribution < 1.29 is 4.79 Å². The van der Waals surface area contributed by atoms with E-state index in [4.69, 9.17) is 0 Å². The Kier molecular flexibility index (Phi) is 14.4. The van der Waals surface area contributed by atoms with Gasteiger partial charge in [-0.15, -0.1) is 24.0 Å². The van der Waals surface area contributed by atoms with Crippen LogP contribution in [0, 0.1) is 0 Å². The standard InChI is InChI=1S/C17H35N5O.HI/c1-4-18-17(19-11-8-13-21(5-2)6-3)20-12-9-15-22-14-7-10-16(22)23;/h4-15H2,1-3H3,(H2,18,19,20);1H. The Morgan fingerprint density at radius 2 is 1.96 bits per heavy atom. The Hall–Kier alpha value is -0.570. The van der Waals surface area contributed by atoms with Gasteiger partial charge in [-0.25, -0.2) is 0 Å². The summed E-state index contributed by atoms with van der Waals surface area (Å²) in [5.41, 5.74) is 0. The van der Waals surface area contributed by atoms with Crippen molar-refractivity contribution in [3.05, 3.63) is 0 Å². The number of likely N-dealkylation sites (tertiary alicyclic amines) is 1. The van der Waals surface area contributed by atoms with Crippen LogP contribution in [0.1, 0.15) is 46.5 Å². The van der Waals surface area contributed by atoms with Crippen LogP contribution < -0.4 is 10.6 Å². The molecule has 0 bridgehead atoms. The molecule has 0 unspecified atom stereocenters. The zero-order valence-corrected chi connectivity index (χ0v) is 18.0. The summed E-state index contributed by atoms with van der Waals surface area (Å²) >= 11 is 0. The van der Waals surface area contributed by atoms with E-state index in [1.807, 2.05) is 4.90 Å². The molecule has 0 aromatic heterocycles. The van der Waals surface area contributed by atoms with Crippen LogP contribution in [0.3, 0.4) is 0 Å². The number of hydrogen-bond acceptors (Lipinski definition) is 3. The van der Waals surface area contributed by atoms with Gasteiger partial charge in [0.2, 0.25) is 5.91 Å². The van der Waals surface area contributed by atoms with E-state index in [1.54, 1.807) is 0 Å². The van der Waals surface area contributed by atoms with Gasteiger partial charge in [-0.2, -0.15) is 0 Å². The highest BCUT2D eigenvalue weighted by Gasteiger charge is 2.18. The van der Waals surface area contributed by atoms with Gasteiger partial charge >= 0.3 is 0 Å². The lowest BCUT2D eigenvalue weighted by Gasteiger charge is -2.18. The lowest BCUT2D eigenvalue weighted by molar-refractivity contribution is -0.127. The van der Waals surface area contributed by atoms with Crippen molar-refractivity contribution in [3.63, 3.8) is 0 Å². The van der Waals surface area contributed by atoms with Crippen LogP contribution in [0.2, 0.25) is 0 Å². The van der Waals surface area contributed by atoms with Crippen molar-refractivity contribution in [1.82, 2.24) is 20.4 Å². The van der Waals surface area contributed by atoms with Crippen molar-refractivity contribution in [2.45, 2.75) is 46.5 Å². The monoisotopic (exact) mass is 453 g/mol. The van der Waals surface area contributed by atoms with E-state index in [0.29, 0.717) is 5.91 Å². The van der Waals surface area contributed by atoms with Crippen LogP contribution in [-0.2, 0) is 4.79 Å². The van der Waals surface area contributed by atoms with Crippen molar-refractivity contribution >= 4 is 35.8 Å². The zero-order valence-electron chi connectivity index (χ0n) is 15.6. The summed E-state index contributed by atoms with van der Waals surface area (Å²) in [6.45, 7) is 14.2. The fraction of sp³-hybridized carbons (Fsp3) is 0.882. The normalized spacial score (nSPS) is 14.9. The molecule has 1 aliphatic heterocycles. The quantitative estimate of drug-likeness (QED) is 0.217. The molecule has 7 heteroatoms. The van der Waals surface area contributed by atoms with Gasteiger partial charge < -0.3 is 20.4 Å². The average Bonchev–Trinajstić information content (AvgIpc) is 2.96. The van der Waals surface area contributed by atoms with Crippen LogP contribution in [-0.4, -0.2) is 74.0 Å². The van der Waals surface area contributed by atoms with E-state index < -0.39 is 0 Å². The minimum Gasteiger partial charge on any atom is -0.357 e. The van der Waals surface area contributed by atoms with E-state index in [2.05, 4.69) is 41.3 Å².